The van der Waals surface area contributed by atoms with Crippen molar-refractivity contribution < 1.29 is 4.42 Å². The zero-order valence-electron chi connectivity index (χ0n) is 33.2. The summed E-state index contributed by atoms with van der Waals surface area (Å²) >= 11 is 0. The van der Waals surface area contributed by atoms with E-state index in [9.17, 15) is 0 Å². The average Bonchev–Trinajstić information content (AvgIpc) is 3.96. The minimum atomic E-state index is -0.369. The van der Waals surface area contributed by atoms with Gasteiger partial charge in [0.15, 0.2) is 5.58 Å². The van der Waals surface area contributed by atoms with Gasteiger partial charge in [0.05, 0.1) is 11.1 Å². The molecule has 10 aromatic carbocycles. The summed E-state index contributed by atoms with van der Waals surface area (Å²) < 4.78 is 6.80. The van der Waals surface area contributed by atoms with Gasteiger partial charge in [-0.15, -0.1) is 0 Å². The van der Waals surface area contributed by atoms with Crippen molar-refractivity contribution in [2.45, 2.75) is 5.41 Å². The Kier molecular flexibility index (Phi) is 7.26. The van der Waals surface area contributed by atoms with Gasteiger partial charge >= 0.3 is 0 Å². The smallest absolute Gasteiger partial charge is 0.158 e. The number of benzene rings is 10. The highest BCUT2D eigenvalue weighted by Gasteiger charge is 2.51. The summed E-state index contributed by atoms with van der Waals surface area (Å²) in [7, 11) is 0. The molecule has 0 fully saturated rings. The van der Waals surface area contributed by atoms with Gasteiger partial charge in [0, 0.05) is 27.6 Å². The lowest BCUT2D eigenvalue weighted by Crippen LogP contribution is -2.25. The Morgan fingerprint density at radius 2 is 0.803 bits per heavy atom. The van der Waals surface area contributed by atoms with Crippen molar-refractivity contribution in [3.05, 3.63) is 241 Å². The van der Waals surface area contributed by atoms with Crippen molar-refractivity contribution in [3.63, 3.8) is 0 Å². The third-order valence-corrected chi connectivity index (χ3v) is 13.3. The molecular formula is C59H37NO. The highest BCUT2D eigenvalue weighted by molar-refractivity contribution is 6.13. The van der Waals surface area contributed by atoms with E-state index in [-0.39, 0.29) is 5.41 Å². The molecule has 2 aliphatic rings. The zero-order chi connectivity index (χ0) is 40.1. The Morgan fingerprint density at radius 1 is 0.295 bits per heavy atom. The van der Waals surface area contributed by atoms with Gasteiger partial charge in [0.25, 0.3) is 0 Å². The van der Waals surface area contributed by atoms with Crippen LogP contribution in [0.4, 0.5) is 11.4 Å². The third-order valence-electron chi connectivity index (χ3n) is 13.3. The van der Waals surface area contributed by atoms with Crippen LogP contribution in [-0.2, 0) is 5.41 Å². The van der Waals surface area contributed by atoms with Gasteiger partial charge in [-0.2, -0.15) is 0 Å². The standard InChI is InChI=1S/C59H37NO/c1-2-14-38(15-3-1)43-21-12-22-48-49-23-13-27-55(58(49)61-57(43)48)60-56-36-41-17-5-4-16-40(41)34-50(56)39-30-28-37(29-31-39)42-32-33-47-46-20-8-11-26-53(46)59(54(47)35-42)51-24-9-6-18-44(51)45-19-7-10-25-52(45)59/h1-36,60H. The van der Waals surface area contributed by atoms with Crippen molar-refractivity contribution in [2.24, 2.45) is 0 Å². The fourth-order valence-corrected chi connectivity index (χ4v) is 10.6. The van der Waals surface area contributed by atoms with Crippen molar-refractivity contribution in [1.82, 2.24) is 0 Å². The monoisotopic (exact) mass is 775 g/mol. The van der Waals surface area contributed by atoms with Gasteiger partial charge in [-0.25, -0.2) is 0 Å². The summed E-state index contributed by atoms with van der Waals surface area (Å²) in [6.07, 6.45) is 0. The minimum Gasteiger partial charge on any atom is -0.453 e. The first kappa shape index (κ1) is 34.0. The van der Waals surface area contributed by atoms with Crippen LogP contribution in [-0.4, -0.2) is 0 Å². The molecule has 284 valence electrons. The van der Waals surface area contributed by atoms with E-state index in [0.29, 0.717) is 0 Å². The highest BCUT2D eigenvalue weighted by Crippen LogP contribution is 2.63. The van der Waals surface area contributed by atoms with Crippen LogP contribution in [0.15, 0.2) is 223 Å². The molecule has 0 saturated heterocycles. The molecule has 1 heterocycles. The number of nitrogens with one attached hydrogen (secondary N) is 1. The molecule has 0 bridgehead atoms. The van der Waals surface area contributed by atoms with Gasteiger partial charge in [0.2, 0.25) is 0 Å². The van der Waals surface area contributed by atoms with Crippen LogP contribution in [0.2, 0.25) is 0 Å². The van der Waals surface area contributed by atoms with Gasteiger partial charge in [-0.05, 0) is 102 Å². The molecule has 0 unspecified atom stereocenters. The predicted octanol–water partition coefficient (Wildman–Crippen LogP) is 15.8. The zero-order valence-corrected chi connectivity index (χ0v) is 33.2. The Hall–Kier alpha value is -7.94. The molecule has 0 amide bonds. The lowest BCUT2D eigenvalue weighted by atomic mass is 9.70. The molecule has 2 heteroatoms. The van der Waals surface area contributed by atoms with Crippen LogP contribution in [0.1, 0.15) is 22.3 Å². The number of para-hydroxylation sites is 2. The molecule has 1 N–H and O–H groups in total. The first-order valence-corrected chi connectivity index (χ1v) is 21.1. The number of furan rings is 1. The second kappa shape index (κ2) is 13.0. The van der Waals surface area contributed by atoms with Crippen LogP contribution < -0.4 is 5.32 Å². The number of fused-ring (bicyclic) bond motifs is 14. The van der Waals surface area contributed by atoms with Crippen molar-refractivity contribution >= 4 is 44.1 Å². The van der Waals surface area contributed by atoms with Crippen LogP contribution >= 0.6 is 0 Å². The molecule has 11 aromatic rings. The molecule has 1 spiro atoms. The summed E-state index contributed by atoms with van der Waals surface area (Å²) in [5.74, 6) is 0. The molecule has 2 nitrogen and oxygen atoms in total. The summed E-state index contributed by atoms with van der Waals surface area (Å²) in [6, 6.07) is 79.7. The molecular weight excluding hydrogens is 739 g/mol. The van der Waals surface area contributed by atoms with Crippen LogP contribution in [0, 0.1) is 0 Å². The quantitative estimate of drug-likeness (QED) is 0.188. The first-order valence-electron chi connectivity index (χ1n) is 21.1. The average molecular weight is 776 g/mol. The van der Waals surface area contributed by atoms with Crippen LogP contribution in [0.3, 0.4) is 0 Å². The number of hydrogen-bond donors (Lipinski definition) is 1. The maximum Gasteiger partial charge on any atom is 0.158 e. The molecule has 0 atom stereocenters. The van der Waals surface area contributed by atoms with E-state index in [2.05, 4.69) is 224 Å². The van der Waals surface area contributed by atoms with Crippen molar-refractivity contribution in [2.75, 3.05) is 5.32 Å². The molecule has 0 radical (unpaired) electrons. The van der Waals surface area contributed by atoms with Gasteiger partial charge in [0.1, 0.15) is 5.58 Å². The maximum atomic E-state index is 6.80. The lowest BCUT2D eigenvalue weighted by Gasteiger charge is -2.30. The third kappa shape index (κ3) is 4.91. The van der Waals surface area contributed by atoms with Gasteiger partial charge < -0.3 is 9.73 Å². The summed E-state index contributed by atoms with van der Waals surface area (Å²) in [4.78, 5) is 0. The van der Waals surface area contributed by atoms with Crippen LogP contribution in [0.5, 0.6) is 0 Å². The van der Waals surface area contributed by atoms with Crippen molar-refractivity contribution in [3.8, 4) is 55.6 Å². The number of hydrogen-bond acceptors (Lipinski definition) is 2. The normalized spacial score (nSPS) is 13.0. The van der Waals surface area contributed by atoms with E-state index in [4.69, 9.17) is 4.42 Å². The Balaban J connectivity index is 0.921. The highest BCUT2D eigenvalue weighted by atomic mass is 16.3. The largest absolute Gasteiger partial charge is 0.453 e. The maximum absolute atomic E-state index is 6.80. The first-order chi connectivity index (χ1) is 30.2. The molecule has 0 aliphatic heterocycles. The van der Waals surface area contributed by atoms with Crippen molar-refractivity contribution in [1.29, 1.82) is 0 Å². The second-order valence-corrected chi connectivity index (χ2v) is 16.4. The van der Waals surface area contributed by atoms with E-state index in [1.54, 1.807) is 0 Å². The van der Waals surface area contributed by atoms with E-state index >= 15 is 0 Å². The number of anilines is 2. The Morgan fingerprint density at radius 3 is 1.49 bits per heavy atom. The fraction of sp³-hybridized carbons (Fsp3) is 0.0169. The van der Waals surface area contributed by atoms with E-state index in [1.165, 1.54) is 66.4 Å². The molecule has 61 heavy (non-hydrogen) atoms. The van der Waals surface area contributed by atoms with E-state index in [1.807, 2.05) is 0 Å². The molecule has 0 saturated carbocycles. The van der Waals surface area contributed by atoms with Crippen LogP contribution in [0.25, 0.3) is 88.3 Å². The summed E-state index contributed by atoms with van der Waals surface area (Å²) in [5, 5.41) is 8.43. The summed E-state index contributed by atoms with van der Waals surface area (Å²) in [5.41, 5.74) is 21.0. The van der Waals surface area contributed by atoms with Gasteiger partial charge in [-0.3, -0.25) is 0 Å². The molecule has 1 aromatic heterocycles. The molecule has 13 rings (SSSR count). The number of rotatable bonds is 5. The van der Waals surface area contributed by atoms with E-state index in [0.717, 1.165) is 55.6 Å². The minimum absolute atomic E-state index is 0.369. The molecule has 2 aliphatic carbocycles. The second-order valence-electron chi connectivity index (χ2n) is 16.4. The Labute approximate surface area is 354 Å². The fourth-order valence-electron chi connectivity index (χ4n) is 10.6. The van der Waals surface area contributed by atoms with Gasteiger partial charge in [-0.1, -0.05) is 194 Å². The topological polar surface area (TPSA) is 25.2 Å². The predicted molar refractivity (Wildman–Crippen MR) is 254 cm³/mol. The Bertz CT molecular complexity index is 3490. The lowest BCUT2D eigenvalue weighted by molar-refractivity contribution is 0.671. The van der Waals surface area contributed by atoms with E-state index < -0.39 is 0 Å². The summed E-state index contributed by atoms with van der Waals surface area (Å²) in [6.45, 7) is 0. The SMILES string of the molecule is c1ccc(-c2cccc3c2oc2c(Nc4cc5ccccc5cc4-c4ccc(-c5ccc6c(c5)C5(c7ccccc7-c7ccccc75)c5ccccc5-6)cc4)cccc23)cc1.